The number of nitrogens with zero attached hydrogens (tertiary/aromatic N) is 3. The van der Waals surface area contributed by atoms with E-state index in [0.29, 0.717) is 23.9 Å². The van der Waals surface area contributed by atoms with Crippen molar-refractivity contribution in [1.82, 2.24) is 9.97 Å². The summed E-state index contributed by atoms with van der Waals surface area (Å²) in [6.07, 6.45) is 3.25. The highest BCUT2D eigenvalue weighted by molar-refractivity contribution is 5.78. The van der Waals surface area contributed by atoms with Gasteiger partial charge in [-0.2, -0.15) is 0 Å². The molecule has 110 valence electrons. The van der Waals surface area contributed by atoms with E-state index in [4.69, 9.17) is 10.5 Å². The molecular weight excluding hydrogens is 258 g/mol. The first-order valence-corrected chi connectivity index (χ1v) is 6.84. The number of ether oxygens (including phenoxy) is 1. The molecule has 0 aliphatic carbocycles. The number of carbonyl (C=O) groups excluding carboxylic acids is 1. The first kappa shape index (κ1) is 14.4. The molecule has 0 radical (unpaired) electrons. The van der Waals surface area contributed by atoms with Crippen molar-refractivity contribution in [3.8, 4) is 5.75 Å². The molecule has 0 spiro atoms. The Morgan fingerprint density at radius 1 is 1.60 bits per heavy atom. The van der Waals surface area contributed by atoms with E-state index in [1.54, 1.807) is 7.11 Å². The number of nitrogens with one attached hydrogen (secondary N) is 1. The van der Waals surface area contributed by atoms with Crippen molar-refractivity contribution >= 4 is 17.5 Å². The first-order chi connectivity index (χ1) is 9.67. The molecule has 1 aromatic rings. The van der Waals surface area contributed by atoms with Gasteiger partial charge in [-0.05, 0) is 19.8 Å². The second-order valence-electron chi connectivity index (χ2n) is 4.80. The second-order valence-corrected chi connectivity index (χ2v) is 4.80. The van der Waals surface area contributed by atoms with Crippen molar-refractivity contribution in [1.29, 1.82) is 0 Å². The minimum absolute atomic E-state index is 0.133. The molecule has 2 heterocycles. The van der Waals surface area contributed by atoms with E-state index in [1.807, 2.05) is 11.8 Å². The molecule has 1 saturated heterocycles. The fourth-order valence-electron chi connectivity index (χ4n) is 2.47. The Hall–Kier alpha value is -2.05. The van der Waals surface area contributed by atoms with Crippen molar-refractivity contribution in [2.45, 2.75) is 19.8 Å². The van der Waals surface area contributed by atoms with Gasteiger partial charge >= 0.3 is 0 Å². The first-order valence-electron chi connectivity index (χ1n) is 6.84. The minimum Gasteiger partial charge on any atom is -0.490 e. The SMILES string of the molecule is CCNc1ncnc(N2CCCC(C(N)=O)C2)c1OC. The summed E-state index contributed by atoms with van der Waals surface area (Å²) in [6.45, 7) is 4.15. The van der Waals surface area contributed by atoms with Gasteiger partial charge in [0.05, 0.1) is 13.0 Å². The molecule has 1 aliphatic heterocycles. The standard InChI is InChI=1S/C13H21N5O2/c1-3-15-12-10(20-2)13(17-8-16-12)18-6-4-5-9(7-18)11(14)19/h8-9H,3-7H2,1-2H3,(H2,14,19)(H,15,16,17). The second kappa shape index (κ2) is 6.40. The van der Waals surface area contributed by atoms with Crippen molar-refractivity contribution in [3.05, 3.63) is 6.33 Å². The number of aromatic nitrogens is 2. The summed E-state index contributed by atoms with van der Waals surface area (Å²) >= 11 is 0. The van der Waals surface area contributed by atoms with Crippen LogP contribution in [-0.4, -0.2) is 42.6 Å². The van der Waals surface area contributed by atoms with Crippen LogP contribution in [0.15, 0.2) is 6.33 Å². The molecule has 7 heteroatoms. The molecule has 7 nitrogen and oxygen atoms in total. The molecule has 1 aliphatic rings. The number of piperidine rings is 1. The Kier molecular flexibility index (Phi) is 4.60. The van der Waals surface area contributed by atoms with E-state index in [0.717, 1.165) is 25.9 Å². The molecule has 1 amide bonds. The minimum atomic E-state index is -0.255. The van der Waals surface area contributed by atoms with Crippen LogP contribution in [-0.2, 0) is 4.79 Å². The summed E-state index contributed by atoms with van der Waals surface area (Å²) < 4.78 is 5.43. The topological polar surface area (TPSA) is 93.4 Å². The van der Waals surface area contributed by atoms with Crippen LogP contribution < -0.4 is 20.7 Å². The number of hydrogen-bond donors (Lipinski definition) is 2. The Morgan fingerprint density at radius 2 is 2.40 bits per heavy atom. The van der Waals surface area contributed by atoms with Gasteiger partial charge in [0.15, 0.2) is 11.6 Å². The van der Waals surface area contributed by atoms with Gasteiger partial charge in [-0.15, -0.1) is 0 Å². The molecule has 1 fully saturated rings. The number of methoxy groups -OCH3 is 1. The predicted octanol–water partition coefficient (Wildman–Crippen LogP) is 0.619. The zero-order valence-electron chi connectivity index (χ0n) is 11.9. The Labute approximate surface area is 118 Å². The van der Waals surface area contributed by atoms with Gasteiger partial charge in [0.1, 0.15) is 6.33 Å². The number of amides is 1. The van der Waals surface area contributed by atoms with Gasteiger partial charge in [-0.1, -0.05) is 0 Å². The third kappa shape index (κ3) is 2.92. The molecule has 0 bridgehead atoms. The highest BCUT2D eigenvalue weighted by Gasteiger charge is 2.27. The van der Waals surface area contributed by atoms with Gasteiger partial charge in [-0.3, -0.25) is 4.79 Å². The molecule has 20 heavy (non-hydrogen) atoms. The summed E-state index contributed by atoms with van der Waals surface area (Å²) in [4.78, 5) is 21.9. The van der Waals surface area contributed by atoms with Crippen molar-refractivity contribution in [3.63, 3.8) is 0 Å². The molecule has 0 aromatic carbocycles. The van der Waals surface area contributed by atoms with E-state index >= 15 is 0 Å². The van der Waals surface area contributed by atoms with Gasteiger partial charge in [-0.25, -0.2) is 9.97 Å². The summed E-state index contributed by atoms with van der Waals surface area (Å²) in [5.74, 6) is 1.60. The molecule has 1 atom stereocenters. The van der Waals surface area contributed by atoms with Crippen molar-refractivity contribution in [2.24, 2.45) is 11.7 Å². The van der Waals surface area contributed by atoms with Crippen LogP contribution in [0, 0.1) is 5.92 Å². The molecule has 1 unspecified atom stereocenters. The molecule has 0 saturated carbocycles. The van der Waals surface area contributed by atoms with Gasteiger partial charge in [0, 0.05) is 19.6 Å². The number of rotatable bonds is 5. The molecule has 3 N–H and O–H groups in total. The van der Waals surface area contributed by atoms with E-state index in [9.17, 15) is 4.79 Å². The molecule has 1 aromatic heterocycles. The van der Waals surface area contributed by atoms with E-state index in [1.165, 1.54) is 6.33 Å². The van der Waals surface area contributed by atoms with Gasteiger partial charge < -0.3 is 20.7 Å². The van der Waals surface area contributed by atoms with Crippen LogP contribution in [0.5, 0.6) is 5.75 Å². The highest BCUT2D eigenvalue weighted by Crippen LogP contribution is 2.34. The van der Waals surface area contributed by atoms with Crippen LogP contribution in [0.1, 0.15) is 19.8 Å². The highest BCUT2D eigenvalue weighted by atomic mass is 16.5. The number of anilines is 2. The summed E-state index contributed by atoms with van der Waals surface area (Å²) in [5, 5.41) is 3.15. The smallest absolute Gasteiger partial charge is 0.222 e. The maximum absolute atomic E-state index is 11.4. The lowest BCUT2D eigenvalue weighted by Gasteiger charge is -2.32. The van der Waals surface area contributed by atoms with Gasteiger partial charge in [0.2, 0.25) is 11.7 Å². The van der Waals surface area contributed by atoms with Crippen LogP contribution in [0.4, 0.5) is 11.6 Å². The third-order valence-corrected chi connectivity index (χ3v) is 3.46. The Balaban J connectivity index is 2.27. The number of nitrogens with two attached hydrogens (primary N) is 1. The Morgan fingerprint density at radius 3 is 3.05 bits per heavy atom. The fraction of sp³-hybridized carbons (Fsp3) is 0.615. The van der Waals surface area contributed by atoms with Crippen molar-refractivity contribution < 1.29 is 9.53 Å². The quantitative estimate of drug-likeness (QED) is 0.820. The van der Waals surface area contributed by atoms with Crippen LogP contribution >= 0.6 is 0 Å². The summed E-state index contributed by atoms with van der Waals surface area (Å²) in [7, 11) is 1.60. The number of primary amides is 1. The normalized spacial score (nSPS) is 18.7. The van der Waals surface area contributed by atoms with Crippen LogP contribution in [0.2, 0.25) is 0 Å². The summed E-state index contributed by atoms with van der Waals surface area (Å²) in [6, 6.07) is 0. The zero-order valence-corrected chi connectivity index (χ0v) is 11.9. The largest absolute Gasteiger partial charge is 0.490 e. The van der Waals surface area contributed by atoms with Crippen LogP contribution in [0.25, 0.3) is 0 Å². The number of hydrogen-bond acceptors (Lipinski definition) is 6. The van der Waals surface area contributed by atoms with E-state index in [-0.39, 0.29) is 11.8 Å². The Bertz CT molecular complexity index is 480. The lowest BCUT2D eigenvalue weighted by molar-refractivity contribution is -0.122. The average Bonchev–Trinajstić information content (AvgIpc) is 2.47. The fourth-order valence-corrected chi connectivity index (χ4v) is 2.47. The molecule has 2 rings (SSSR count). The van der Waals surface area contributed by atoms with E-state index < -0.39 is 0 Å². The van der Waals surface area contributed by atoms with Crippen molar-refractivity contribution in [2.75, 3.05) is 37.0 Å². The zero-order chi connectivity index (χ0) is 14.5. The monoisotopic (exact) mass is 279 g/mol. The average molecular weight is 279 g/mol. The maximum Gasteiger partial charge on any atom is 0.222 e. The van der Waals surface area contributed by atoms with Gasteiger partial charge in [0.25, 0.3) is 0 Å². The number of carbonyl (C=O) groups is 1. The third-order valence-electron chi connectivity index (χ3n) is 3.46. The van der Waals surface area contributed by atoms with E-state index in [2.05, 4.69) is 15.3 Å². The molecular formula is C13H21N5O2. The lowest BCUT2D eigenvalue weighted by Crippen LogP contribution is -2.41. The van der Waals surface area contributed by atoms with Crippen LogP contribution in [0.3, 0.4) is 0 Å². The summed E-state index contributed by atoms with van der Waals surface area (Å²) in [5.41, 5.74) is 5.41. The predicted molar refractivity (Wildman–Crippen MR) is 76.9 cm³/mol. The lowest BCUT2D eigenvalue weighted by atomic mass is 9.97. The maximum atomic E-state index is 11.4.